The van der Waals surface area contributed by atoms with Crippen LogP contribution in [0.15, 0.2) is 45.3 Å². The molecule has 0 bridgehead atoms. The van der Waals surface area contributed by atoms with Gasteiger partial charge in [0.2, 0.25) is 0 Å². The third-order valence-electron chi connectivity index (χ3n) is 2.45. The highest BCUT2D eigenvalue weighted by atomic mass is 79.9. The summed E-state index contributed by atoms with van der Waals surface area (Å²) in [5.41, 5.74) is 7.09. The van der Waals surface area contributed by atoms with Crippen LogP contribution in [-0.4, -0.2) is 5.91 Å². The molecule has 6 heteroatoms. The standard InChI is InChI=1S/C13H9Br2FN2O/c14-9-6-7(16)4-5-11(9)18-13(19)8-2-1-3-10(17)12(8)15/h1-6H,17H2,(H,18,19). The summed E-state index contributed by atoms with van der Waals surface area (Å²) in [4.78, 5) is 12.1. The smallest absolute Gasteiger partial charge is 0.256 e. The van der Waals surface area contributed by atoms with Gasteiger partial charge in [-0.2, -0.15) is 0 Å². The number of carbonyl (C=O) groups excluding carboxylic acids is 1. The maximum absolute atomic E-state index is 13.0. The van der Waals surface area contributed by atoms with Gasteiger partial charge in [-0.1, -0.05) is 6.07 Å². The van der Waals surface area contributed by atoms with Crippen LogP contribution in [0.5, 0.6) is 0 Å². The molecule has 0 unspecified atom stereocenters. The Hall–Kier alpha value is -1.40. The fourth-order valence-electron chi connectivity index (χ4n) is 1.51. The van der Waals surface area contributed by atoms with Crippen LogP contribution in [0, 0.1) is 5.82 Å². The normalized spacial score (nSPS) is 10.3. The van der Waals surface area contributed by atoms with Crippen LogP contribution in [0.4, 0.5) is 15.8 Å². The number of carbonyl (C=O) groups is 1. The fraction of sp³-hybridized carbons (Fsp3) is 0. The van der Waals surface area contributed by atoms with Crippen LogP contribution in [-0.2, 0) is 0 Å². The molecule has 0 fully saturated rings. The molecule has 1 amide bonds. The van der Waals surface area contributed by atoms with Gasteiger partial charge in [-0.3, -0.25) is 4.79 Å². The van der Waals surface area contributed by atoms with Crippen molar-refractivity contribution in [3.05, 3.63) is 56.7 Å². The molecule has 0 aliphatic carbocycles. The second-order valence-electron chi connectivity index (χ2n) is 3.79. The summed E-state index contributed by atoms with van der Waals surface area (Å²) >= 11 is 6.46. The number of amides is 1. The molecule has 0 aliphatic heterocycles. The van der Waals surface area contributed by atoms with Crippen LogP contribution in [0.1, 0.15) is 10.4 Å². The van der Waals surface area contributed by atoms with Crippen molar-refractivity contribution >= 4 is 49.1 Å². The Kier molecular flexibility index (Phi) is 4.21. The lowest BCUT2D eigenvalue weighted by Gasteiger charge is -2.09. The van der Waals surface area contributed by atoms with Gasteiger partial charge in [0.25, 0.3) is 5.91 Å². The molecule has 0 aromatic heterocycles. The number of halogens is 3. The number of benzene rings is 2. The Morgan fingerprint density at radius 2 is 1.95 bits per heavy atom. The number of anilines is 2. The van der Waals surface area contributed by atoms with E-state index in [0.717, 1.165) is 0 Å². The molecule has 0 saturated heterocycles. The second-order valence-corrected chi connectivity index (χ2v) is 5.43. The van der Waals surface area contributed by atoms with Crippen LogP contribution >= 0.6 is 31.9 Å². The zero-order valence-corrected chi connectivity index (χ0v) is 12.8. The van der Waals surface area contributed by atoms with E-state index in [1.165, 1.54) is 18.2 Å². The summed E-state index contributed by atoms with van der Waals surface area (Å²) in [6.45, 7) is 0. The monoisotopic (exact) mass is 386 g/mol. The van der Waals surface area contributed by atoms with Gasteiger partial charge in [0.05, 0.1) is 15.7 Å². The van der Waals surface area contributed by atoms with E-state index < -0.39 is 0 Å². The Labute approximate surface area is 126 Å². The summed E-state index contributed by atoms with van der Waals surface area (Å²) in [6, 6.07) is 9.06. The quantitative estimate of drug-likeness (QED) is 0.759. The average molecular weight is 388 g/mol. The molecule has 19 heavy (non-hydrogen) atoms. The Balaban J connectivity index is 2.28. The minimum Gasteiger partial charge on any atom is -0.398 e. The zero-order chi connectivity index (χ0) is 14.0. The van der Waals surface area contributed by atoms with Crippen LogP contribution in [0.3, 0.4) is 0 Å². The van der Waals surface area contributed by atoms with Crippen LogP contribution in [0.25, 0.3) is 0 Å². The van der Waals surface area contributed by atoms with Crippen molar-refractivity contribution in [1.29, 1.82) is 0 Å². The molecule has 2 aromatic rings. The molecule has 3 N–H and O–H groups in total. The van der Waals surface area contributed by atoms with Crippen molar-refractivity contribution in [3.63, 3.8) is 0 Å². The highest BCUT2D eigenvalue weighted by Crippen LogP contribution is 2.27. The molecule has 0 heterocycles. The number of nitrogen functional groups attached to an aromatic ring is 1. The first kappa shape index (κ1) is 14.0. The number of rotatable bonds is 2. The first-order chi connectivity index (χ1) is 8.99. The van der Waals surface area contributed by atoms with Crippen molar-refractivity contribution in [3.8, 4) is 0 Å². The maximum atomic E-state index is 13.0. The van der Waals surface area contributed by atoms with Gasteiger partial charge in [0.15, 0.2) is 0 Å². The molecule has 0 spiro atoms. The fourth-order valence-corrected chi connectivity index (χ4v) is 2.40. The van der Waals surface area contributed by atoms with Gasteiger partial charge >= 0.3 is 0 Å². The summed E-state index contributed by atoms with van der Waals surface area (Å²) in [5.74, 6) is -0.707. The van der Waals surface area contributed by atoms with Crippen molar-refractivity contribution in [2.45, 2.75) is 0 Å². The number of hydrogen-bond acceptors (Lipinski definition) is 2. The van der Waals surface area contributed by atoms with E-state index in [4.69, 9.17) is 5.73 Å². The SMILES string of the molecule is Nc1cccc(C(=O)Nc2ccc(F)cc2Br)c1Br. The molecule has 0 radical (unpaired) electrons. The first-order valence-corrected chi connectivity index (χ1v) is 6.88. The largest absolute Gasteiger partial charge is 0.398 e. The molecule has 98 valence electrons. The molecule has 2 aromatic carbocycles. The topological polar surface area (TPSA) is 55.1 Å². The van der Waals surface area contributed by atoms with Gasteiger partial charge < -0.3 is 11.1 Å². The highest BCUT2D eigenvalue weighted by Gasteiger charge is 2.13. The van der Waals surface area contributed by atoms with Crippen LogP contribution < -0.4 is 11.1 Å². The lowest BCUT2D eigenvalue weighted by molar-refractivity contribution is 0.102. The van der Waals surface area contributed by atoms with Crippen molar-refractivity contribution in [1.82, 2.24) is 0 Å². The van der Waals surface area contributed by atoms with Gasteiger partial charge in [0, 0.05) is 10.2 Å². The van der Waals surface area contributed by atoms with Gasteiger partial charge in [-0.25, -0.2) is 4.39 Å². The Bertz CT molecular complexity index is 647. The summed E-state index contributed by atoms with van der Waals surface area (Å²) in [7, 11) is 0. The van der Waals surface area contributed by atoms with Crippen molar-refractivity contribution < 1.29 is 9.18 Å². The first-order valence-electron chi connectivity index (χ1n) is 5.29. The van der Waals surface area contributed by atoms with E-state index in [1.807, 2.05) is 0 Å². The molecule has 3 nitrogen and oxygen atoms in total. The number of nitrogens with one attached hydrogen (secondary N) is 1. The van der Waals surface area contributed by atoms with E-state index in [9.17, 15) is 9.18 Å². The number of hydrogen-bond donors (Lipinski definition) is 2. The maximum Gasteiger partial charge on any atom is 0.256 e. The Morgan fingerprint density at radius 1 is 1.21 bits per heavy atom. The summed E-state index contributed by atoms with van der Waals surface area (Å²) < 4.78 is 14.0. The predicted molar refractivity (Wildman–Crippen MR) is 80.6 cm³/mol. The summed E-state index contributed by atoms with van der Waals surface area (Å²) in [5, 5.41) is 2.68. The van der Waals surface area contributed by atoms with Gasteiger partial charge in [-0.15, -0.1) is 0 Å². The van der Waals surface area contributed by atoms with E-state index in [1.54, 1.807) is 18.2 Å². The Morgan fingerprint density at radius 3 is 2.63 bits per heavy atom. The predicted octanol–water partition coefficient (Wildman–Crippen LogP) is 4.19. The zero-order valence-electron chi connectivity index (χ0n) is 9.58. The molecule has 0 saturated carbocycles. The van der Waals surface area contributed by atoms with Gasteiger partial charge in [0.1, 0.15) is 5.82 Å². The average Bonchev–Trinajstić information content (AvgIpc) is 2.36. The van der Waals surface area contributed by atoms with Crippen molar-refractivity contribution in [2.24, 2.45) is 0 Å². The molecular weight excluding hydrogens is 379 g/mol. The van der Waals surface area contributed by atoms with Gasteiger partial charge in [-0.05, 0) is 62.2 Å². The van der Waals surface area contributed by atoms with E-state index in [0.29, 0.717) is 25.9 Å². The lowest BCUT2D eigenvalue weighted by atomic mass is 10.2. The summed E-state index contributed by atoms with van der Waals surface area (Å²) in [6.07, 6.45) is 0. The molecule has 0 aliphatic rings. The van der Waals surface area contributed by atoms with E-state index >= 15 is 0 Å². The minimum absolute atomic E-state index is 0.327. The molecule has 2 rings (SSSR count). The van der Waals surface area contributed by atoms with Crippen LogP contribution in [0.2, 0.25) is 0 Å². The molecular formula is C13H9Br2FN2O. The highest BCUT2D eigenvalue weighted by molar-refractivity contribution is 9.11. The number of nitrogens with two attached hydrogens (primary N) is 1. The third-order valence-corrected chi connectivity index (χ3v) is 3.99. The van der Waals surface area contributed by atoms with Crippen molar-refractivity contribution in [2.75, 3.05) is 11.1 Å². The second kappa shape index (κ2) is 5.71. The van der Waals surface area contributed by atoms with E-state index in [2.05, 4.69) is 37.2 Å². The lowest BCUT2D eigenvalue weighted by Crippen LogP contribution is -2.13. The minimum atomic E-state index is -0.380. The van der Waals surface area contributed by atoms with E-state index in [-0.39, 0.29) is 11.7 Å². The molecule has 0 atom stereocenters. The third kappa shape index (κ3) is 3.13.